The average molecular weight is 387 g/mol. The van der Waals surface area contributed by atoms with Gasteiger partial charge in [-0.3, -0.25) is 4.72 Å². The molecule has 4 rings (SSSR count). The van der Waals surface area contributed by atoms with E-state index in [1.807, 2.05) is 12.1 Å². The summed E-state index contributed by atoms with van der Waals surface area (Å²) in [6.07, 6.45) is 7.54. The van der Waals surface area contributed by atoms with Crippen molar-refractivity contribution < 1.29 is 13.2 Å². The van der Waals surface area contributed by atoms with Crippen LogP contribution in [-0.4, -0.2) is 35.7 Å². The number of aromatic nitrogens is 3. The molecule has 0 bridgehead atoms. The predicted octanol–water partition coefficient (Wildman–Crippen LogP) is 3.39. The Morgan fingerprint density at radius 3 is 2.70 bits per heavy atom. The van der Waals surface area contributed by atoms with Crippen LogP contribution in [-0.2, 0) is 10.0 Å². The van der Waals surface area contributed by atoms with Crippen molar-refractivity contribution in [1.29, 1.82) is 0 Å². The summed E-state index contributed by atoms with van der Waals surface area (Å²) < 4.78 is 31.4. The molecule has 0 amide bonds. The van der Waals surface area contributed by atoms with Crippen molar-refractivity contribution in [2.24, 2.45) is 0 Å². The summed E-state index contributed by atoms with van der Waals surface area (Å²) in [5.41, 5.74) is 1.82. The van der Waals surface area contributed by atoms with E-state index < -0.39 is 10.0 Å². The molecule has 2 heterocycles. The normalized spacial score (nSPS) is 15.1. The molecule has 0 saturated heterocycles. The second-order valence-corrected chi connectivity index (χ2v) is 8.45. The molecule has 1 aliphatic carbocycles. The fourth-order valence-electron chi connectivity index (χ4n) is 3.23. The number of benzene rings is 1. The van der Waals surface area contributed by atoms with Crippen molar-refractivity contribution in [2.75, 3.05) is 16.3 Å². The molecule has 142 valence electrons. The molecule has 0 aliphatic heterocycles. The number of anilines is 3. The highest BCUT2D eigenvalue weighted by atomic mass is 32.2. The third-order valence-corrected chi connectivity index (χ3v) is 4.99. The third-order valence-electron chi connectivity index (χ3n) is 4.38. The maximum absolute atomic E-state index is 11.4. The van der Waals surface area contributed by atoms with E-state index in [1.165, 1.54) is 12.8 Å². The second-order valence-electron chi connectivity index (χ2n) is 6.70. The van der Waals surface area contributed by atoms with Gasteiger partial charge in [0.15, 0.2) is 0 Å². The standard InChI is InChI=1S/C18H21N5O3S/c1-27(24,25)23-13-6-4-5-12(11-13)20-18-21-16-15(9-10-19-16)17(22-18)26-14-7-2-3-8-14/h4-6,9-11,14,23H,2-3,7-8H2,1H3,(H2,19,20,21,22). The number of fused-ring (bicyclic) bond motifs is 1. The van der Waals surface area contributed by atoms with Gasteiger partial charge in [0.2, 0.25) is 21.9 Å². The van der Waals surface area contributed by atoms with Gasteiger partial charge in [-0.05, 0) is 49.9 Å². The van der Waals surface area contributed by atoms with Gasteiger partial charge in [-0.25, -0.2) is 8.42 Å². The number of nitrogens with zero attached hydrogens (tertiary/aromatic N) is 2. The van der Waals surface area contributed by atoms with E-state index in [0.29, 0.717) is 28.9 Å². The predicted molar refractivity (Wildman–Crippen MR) is 105 cm³/mol. The minimum absolute atomic E-state index is 0.188. The summed E-state index contributed by atoms with van der Waals surface area (Å²) in [5.74, 6) is 0.940. The number of H-pyrrole nitrogens is 1. The van der Waals surface area contributed by atoms with E-state index in [4.69, 9.17) is 4.74 Å². The van der Waals surface area contributed by atoms with Crippen molar-refractivity contribution in [3.8, 4) is 5.88 Å². The van der Waals surface area contributed by atoms with Crippen molar-refractivity contribution in [3.63, 3.8) is 0 Å². The van der Waals surface area contributed by atoms with E-state index >= 15 is 0 Å². The molecule has 1 saturated carbocycles. The fourth-order valence-corrected chi connectivity index (χ4v) is 3.78. The maximum atomic E-state index is 11.4. The highest BCUT2D eigenvalue weighted by Crippen LogP contribution is 2.29. The fraction of sp³-hybridized carbons (Fsp3) is 0.333. The van der Waals surface area contributed by atoms with Crippen LogP contribution in [0.5, 0.6) is 5.88 Å². The Hall–Kier alpha value is -2.81. The van der Waals surface area contributed by atoms with Crippen LogP contribution in [0.15, 0.2) is 36.5 Å². The first-order chi connectivity index (χ1) is 13.0. The van der Waals surface area contributed by atoms with Crippen LogP contribution in [0.2, 0.25) is 0 Å². The molecule has 8 nitrogen and oxygen atoms in total. The lowest BCUT2D eigenvalue weighted by Gasteiger charge is -2.14. The molecular formula is C18H21N5O3S. The lowest BCUT2D eigenvalue weighted by molar-refractivity contribution is 0.204. The van der Waals surface area contributed by atoms with Gasteiger partial charge in [-0.2, -0.15) is 9.97 Å². The Morgan fingerprint density at radius 1 is 1.15 bits per heavy atom. The summed E-state index contributed by atoms with van der Waals surface area (Å²) in [6, 6.07) is 8.82. The average Bonchev–Trinajstić information content (AvgIpc) is 3.25. The number of aromatic amines is 1. The van der Waals surface area contributed by atoms with E-state index in [9.17, 15) is 8.42 Å². The first kappa shape index (κ1) is 17.6. The largest absolute Gasteiger partial charge is 0.474 e. The van der Waals surface area contributed by atoms with Gasteiger partial charge in [0.05, 0.1) is 17.3 Å². The minimum Gasteiger partial charge on any atom is -0.474 e. The summed E-state index contributed by atoms with van der Waals surface area (Å²) in [6.45, 7) is 0. The summed E-state index contributed by atoms with van der Waals surface area (Å²) in [5, 5.41) is 3.97. The van der Waals surface area contributed by atoms with Crippen LogP contribution in [0.1, 0.15) is 25.7 Å². The zero-order valence-corrected chi connectivity index (χ0v) is 15.7. The third kappa shape index (κ3) is 4.30. The Labute approximate surface area is 157 Å². The van der Waals surface area contributed by atoms with Crippen LogP contribution >= 0.6 is 0 Å². The number of nitrogens with one attached hydrogen (secondary N) is 3. The van der Waals surface area contributed by atoms with Gasteiger partial charge in [0.25, 0.3) is 0 Å². The maximum Gasteiger partial charge on any atom is 0.232 e. The molecular weight excluding hydrogens is 366 g/mol. The smallest absolute Gasteiger partial charge is 0.232 e. The molecule has 27 heavy (non-hydrogen) atoms. The molecule has 3 aromatic rings. The summed E-state index contributed by atoms with van der Waals surface area (Å²) in [7, 11) is -3.34. The second kappa shape index (κ2) is 7.07. The quantitative estimate of drug-likeness (QED) is 0.598. The Morgan fingerprint density at radius 2 is 1.93 bits per heavy atom. The molecule has 1 fully saturated rings. The van der Waals surface area contributed by atoms with Gasteiger partial charge in [0.1, 0.15) is 11.8 Å². The Balaban J connectivity index is 1.61. The first-order valence-corrected chi connectivity index (χ1v) is 10.7. The zero-order chi connectivity index (χ0) is 18.9. The summed E-state index contributed by atoms with van der Waals surface area (Å²) >= 11 is 0. The topological polar surface area (TPSA) is 109 Å². The van der Waals surface area contributed by atoms with Crippen molar-refractivity contribution in [1.82, 2.24) is 15.0 Å². The Kier molecular flexibility index (Phi) is 4.61. The lowest BCUT2D eigenvalue weighted by atomic mass is 10.3. The monoisotopic (exact) mass is 387 g/mol. The molecule has 0 spiro atoms. The SMILES string of the molecule is CS(=O)(=O)Nc1cccc(Nc2nc(OC3CCCC3)c3cc[nH]c3n2)c1. The molecule has 0 atom stereocenters. The number of hydrogen-bond acceptors (Lipinski definition) is 6. The molecule has 1 aliphatic rings. The van der Waals surface area contributed by atoms with Crippen LogP contribution in [0, 0.1) is 0 Å². The van der Waals surface area contributed by atoms with Gasteiger partial charge >= 0.3 is 0 Å². The van der Waals surface area contributed by atoms with Crippen LogP contribution in [0.4, 0.5) is 17.3 Å². The van der Waals surface area contributed by atoms with Crippen LogP contribution in [0.3, 0.4) is 0 Å². The van der Waals surface area contributed by atoms with Crippen molar-refractivity contribution in [2.45, 2.75) is 31.8 Å². The van der Waals surface area contributed by atoms with Crippen LogP contribution in [0.25, 0.3) is 11.0 Å². The molecule has 3 N–H and O–H groups in total. The van der Waals surface area contributed by atoms with Crippen molar-refractivity contribution in [3.05, 3.63) is 36.5 Å². The molecule has 1 aromatic carbocycles. The van der Waals surface area contributed by atoms with E-state index in [2.05, 4.69) is 25.0 Å². The van der Waals surface area contributed by atoms with Gasteiger partial charge in [0, 0.05) is 11.9 Å². The molecule has 2 aromatic heterocycles. The first-order valence-electron chi connectivity index (χ1n) is 8.83. The highest BCUT2D eigenvalue weighted by molar-refractivity contribution is 7.92. The molecule has 0 radical (unpaired) electrons. The van der Waals surface area contributed by atoms with Gasteiger partial charge in [-0.15, -0.1) is 0 Å². The van der Waals surface area contributed by atoms with Crippen molar-refractivity contribution >= 4 is 38.4 Å². The van der Waals surface area contributed by atoms with Gasteiger partial charge < -0.3 is 15.0 Å². The van der Waals surface area contributed by atoms with E-state index in [-0.39, 0.29) is 6.10 Å². The van der Waals surface area contributed by atoms with Gasteiger partial charge in [-0.1, -0.05) is 6.07 Å². The lowest BCUT2D eigenvalue weighted by Crippen LogP contribution is -2.13. The zero-order valence-electron chi connectivity index (χ0n) is 14.9. The van der Waals surface area contributed by atoms with E-state index in [1.54, 1.807) is 24.4 Å². The number of hydrogen-bond donors (Lipinski definition) is 3. The number of sulfonamides is 1. The highest BCUT2D eigenvalue weighted by Gasteiger charge is 2.19. The molecule has 0 unspecified atom stereocenters. The minimum atomic E-state index is -3.34. The molecule has 9 heteroatoms. The van der Waals surface area contributed by atoms with Crippen LogP contribution < -0.4 is 14.8 Å². The summed E-state index contributed by atoms with van der Waals surface area (Å²) in [4.78, 5) is 12.1. The number of rotatable bonds is 6. The Bertz CT molecular complexity index is 1060. The van der Waals surface area contributed by atoms with E-state index in [0.717, 1.165) is 24.5 Å². The number of ether oxygens (including phenoxy) is 1.